The van der Waals surface area contributed by atoms with Crippen LogP contribution in [0.2, 0.25) is 0 Å². The summed E-state index contributed by atoms with van der Waals surface area (Å²) in [5, 5.41) is 7.37. The molecule has 0 bridgehead atoms. The second-order valence-electron chi connectivity index (χ2n) is 9.42. The van der Waals surface area contributed by atoms with Crippen molar-refractivity contribution in [3.63, 3.8) is 0 Å². The number of carbonyl (C=O) groups is 4. The van der Waals surface area contributed by atoms with Crippen LogP contribution >= 0.6 is 11.3 Å². The van der Waals surface area contributed by atoms with Crippen LogP contribution < -0.4 is 25.0 Å². The Bertz CT molecular complexity index is 1370. The Morgan fingerprint density at radius 3 is 2.39 bits per heavy atom. The summed E-state index contributed by atoms with van der Waals surface area (Å²) in [6, 6.07) is 13.7. The lowest BCUT2D eigenvalue weighted by Gasteiger charge is -2.32. The van der Waals surface area contributed by atoms with Crippen molar-refractivity contribution in [1.82, 2.24) is 10.6 Å². The normalized spacial score (nSPS) is 15.0. The Kier molecular flexibility index (Phi) is 10.1. The van der Waals surface area contributed by atoms with Crippen molar-refractivity contribution in [2.24, 2.45) is 0 Å². The van der Waals surface area contributed by atoms with Gasteiger partial charge in [-0.2, -0.15) is 0 Å². The van der Waals surface area contributed by atoms with Gasteiger partial charge in [-0.05, 0) is 73.2 Å². The predicted octanol–water partition coefficient (Wildman–Crippen LogP) is 3.77. The van der Waals surface area contributed by atoms with E-state index in [1.807, 2.05) is 0 Å². The van der Waals surface area contributed by atoms with E-state index in [0.29, 0.717) is 39.8 Å². The SMILES string of the molecule is COc1ccc(C(C(=O)NCC2CCCO2)N(C(=O)CNC(=O)c2cccs2)c2ccc(C(C)=O)cc2)cc1OC. The average molecular weight is 580 g/mol. The zero-order valence-electron chi connectivity index (χ0n) is 23.2. The molecule has 3 amide bonds. The quantitative estimate of drug-likeness (QED) is 0.313. The maximum absolute atomic E-state index is 13.9. The largest absolute Gasteiger partial charge is 0.493 e. The maximum atomic E-state index is 13.9. The van der Waals surface area contributed by atoms with Crippen molar-refractivity contribution in [2.45, 2.75) is 31.9 Å². The summed E-state index contributed by atoms with van der Waals surface area (Å²) in [4.78, 5) is 54.1. The summed E-state index contributed by atoms with van der Waals surface area (Å²) in [7, 11) is 2.99. The summed E-state index contributed by atoms with van der Waals surface area (Å²) >= 11 is 1.26. The Labute approximate surface area is 242 Å². The van der Waals surface area contributed by atoms with E-state index in [1.165, 1.54) is 37.4 Å². The molecular weight excluding hydrogens is 546 g/mol. The molecule has 0 saturated carbocycles. The predicted molar refractivity (Wildman–Crippen MR) is 155 cm³/mol. The summed E-state index contributed by atoms with van der Waals surface area (Å²) in [5.74, 6) is -0.665. The lowest BCUT2D eigenvalue weighted by Crippen LogP contribution is -2.48. The van der Waals surface area contributed by atoms with Crippen LogP contribution in [0.5, 0.6) is 11.5 Å². The van der Waals surface area contributed by atoms with Gasteiger partial charge in [0.05, 0.1) is 31.7 Å². The van der Waals surface area contributed by atoms with Gasteiger partial charge in [0.1, 0.15) is 6.04 Å². The van der Waals surface area contributed by atoms with Gasteiger partial charge in [-0.15, -0.1) is 11.3 Å². The molecule has 2 heterocycles. The molecule has 10 nitrogen and oxygen atoms in total. The molecule has 2 N–H and O–H groups in total. The number of ketones is 1. The number of ether oxygens (including phenoxy) is 3. The second kappa shape index (κ2) is 13.9. The Balaban J connectivity index is 1.73. The van der Waals surface area contributed by atoms with E-state index in [1.54, 1.807) is 60.0 Å². The summed E-state index contributed by atoms with van der Waals surface area (Å²) in [6.07, 6.45) is 1.62. The first kappa shape index (κ1) is 29.8. The highest BCUT2D eigenvalue weighted by atomic mass is 32.1. The van der Waals surface area contributed by atoms with Crippen LogP contribution in [0.25, 0.3) is 0 Å². The van der Waals surface area contributed by atoms with Crippen molar-refractivity contribution in [1.29, 1.82) is 0 Å². The fourth-order valence-electron chi connectivity index (χ4n) is 4.59. The van der Waals surface area contributed by atoms with Gasteiger partial charge in [0.15, 0.2) is 17.3 Å². The topological polar surface area (TPSA) is 123 Å². The number of thiophene rings is 1. The molecule has 1 aliphatic rings. The molecule has 1 fully saturated rings. The number of hydrogen-bond acceptors (Lipinski definition) is 8. The number of nitrogens with zero attached hydrogens (tertiary/aromatic N) is 1. The molecule has 11 heteroatoms. The van der Waals surface area contributed by atoms with Crippen LogP contribution in [-0.2, 0) is 14.3 Å². The number of anilines is 1. The number of carbonyl (C=O) groups excluding carboxylic acids is 4. The van der Waals surface area contributed by atoms with Crippen LogP contribution in [-0.4, -0.2) is 63.5 Å². The minimum absolute atomic E-state index is 0.117. The zero-order valence-corrected chi connectivity index (χ0v) is 24.0. The van der Waals surface area contributed by atoms with Crippen LogP contribution in [0.4, 0.5) is 5.69 Å². The third-order valence-electron chi connectivity index (χ3n) is 6.72. The van der Waals surface area contributed by atoms with Gasteiger partial charge in [0, 0.05) is 24.4 Å². The van der Waals surface area contributed by atoms with Gasteiger partial charge in [0.2, 0.25) is 11.8 Å². The lowest BCUT2D eigenvalue weighted by molar-refractivity contribution is -0.126. The van der Waals surface area contributed by atoms with E-state index in [-0.39, 0.29) is 25.0 Å². The first-order valence-electron chi connectivity index (χ1n) is 13.2. The van der Waals surface area contributed by atoms with Gasteiger partial charge < -0.3 is 24.8 Å². The van der Waals surface area contributed by atoms with E-state index >= 15 is 0 Å². The van der Waals surface area contributed by atoms with Crippen molar-refractivity contribution < 1.29 is 33.4 Å². The average Bonchev–Trinajstić information content (AvgIpc) is 3.72. The molecule has 2 atom stereocenters. The molecule has 1 saturated heterocycles. The second-order valence-corrected chi connectivity index (χ2v) is 10.4. The molecule has 2 unspecified atom stereocenters. The molecule has 1 aromatic heterocycles. The number of amides is 3. The van der Waals surface area contributed by atoms with Gasteiger partial charge in [-0.3, -0.25) is 24.1 Å². The van der Waals surface area contributed by atoms with Crippen molar-refractivity contribution >= 4 is 40.5 Å². The third kappa shape index (κ3) is 7.30. The van der Waals surface area contributed by atoms with Crippen LogP contribution in [0, 0.1) is 0 Å². The lowest BCUT2D eigenvalue weighted by atomic mass is 10.0. The molecule has 0 spiro atoms. The Hall–Kier alpha value is -4.22. The van der Waals surface area contributed by atoms with Crippen LogP contribution in [0.1, 0.15) is 51.4 Å². The molecule has 0 aliphatic carbocycles. The van der Waals surface area contributed by atoms with Crippen molar-refractivity contribution in [3.8, 4) is 11.5 Å². The van der Waals surface area contributed by atoms with E-state index < -0.39 is 23.8 Å². The third-order valence-corrected chi connectivity index (χ3v) is 7.59. The standard InChI is InChI=1S/C30H33N3O7S/c1-19(34)20-8-11-22(12-9-20)33(27(35)18-32-29(36)26-7-5-15-41-26)28(30(37)31-17-23-6-4-14-40-23)21-10-13-24(38-2)25(16-21)39-3/h5,7-13,15-16,23,28H,4,6,14,17-18H2,1-3H3,(H,31,37)(H,32,36). The highest BCUT2D eigenvalue weighted by molar-refractivity contribution is 7.12. The minimum Gasteiger partial charge on any atom is -0.493 e. The number of hydrogen-bond donors (Lipinski definition) is 2. The number of benzene rings is 2. The minimum atomic E-state index is -1.15. The summed E-state index contributed by atoms with van der Waals surface area (Å²) in [5.41, 5.74) is 1.29. The maximum Gasteiger partial charge on any atom is 0.261 e. The van der Waals surface area contributed by atoms with Gasteiger partial charge in [0.25, 0.3) is 5.91 Å². The number of Topliss-reactive ketones (excluding diaryl/α,β-unsaturated/α-hetero) is 1. The van der Waals surface area contributed by atoms with Crippen LogP contribution in [0.3, 0.4) is 0 Å². The Morgan fingerprint density at radius 1 is 1.02 bits per heavy atom. The molecule has 3 aromatic rings. The van der Waals surface area contributed by atoms with Gasteiger partial charge >= 0.3 is 0 Å². The fourth-order valence-corrected chi connectivity index (χ4v) is 5.23. The van der Waals surface area contributed by atoms with Crippen molar-refractivity contribution in [2.75, 3.05) is 38.8 Å². The fraction of sp³-hybridized carbons (Fsp3) is 0.333. The van der Waals surface area contributed by atoms with E-state index in [4.69, 9.17) is 14.2 Å². The number of rotatable bonds is 12. The highest BCUT2D eigenvalue weighted by Gasteiger charge is 2.34. The molecule has 2 aromatic carbocycles. The molecule has 216 valence electrons. The molecule has 1 aliphatic heterocycles. The monoisotopic (exact) mass is 579 g/mol. The summed E-state index contributed by atoms with van der Waals surface area (Å²) < 4.78 is 16.5. The Morgan fingerprint density at radius 2 is 1.78 bits per heavy atom. The number of methoxy groups -OCH3 is 2. The van der Waals surface area contributed by atoms with Gasteiger partial charge in [-0.25, -0.2) is 0 Å². The van der Waals surface area contributed by atoms with Crippen LogP contribution in [0.15, 0.2) is 60.0 Å². The van der Waals surface area contributed by atoms with Crippen molar-refractivity contribution in [3.05, 3.63) is 76.0 Å². The van der Waals surface area contributed by atoms with E-state index in [2.05, 4.69) is 10.6 Å². The highest BCUT2D eigenvalue weighted by Crippen LogP contribution is 2.34. The van der Waals surface area contributed by atoms with Gasteiger partial charge in [-0.1, -0.05) is 12.1 Å². The van der Waals surface area contributed by atoms with E-state index in [9.17, 15) is 19.2 Å². The smallest absolute Gasteiger partial charge is 0.261 e. The molecule has 4 rings (SSSR count). The molecule has 0 radical (unpaired) electrons. The van der Waals surface area contributed by atoms with E-state index in [0.717, 1.165) is 12.8 Å². The molecular formula is C30H33N3O7S. The molecule has 41 heavy (non-hydrogen) atoms. The summed E-state index contributed by atoms with van der Waals surface area (Å²) in [6.45, 7) is 2.00. The first-order chi connectivity index (χ1) is 19.8. The zero-order chi connectivity index (χ0) is 29.4. The first-order valence-corrected chi connectivity index (χ1v) is 14.1. The number of nitrogens with one attached hydrogen (secondary N) is 2.